The van der Waals surface area contributed by atoms with Gasteiger partial charge in [0, 0.05) is 19.6 Å². The normalized spacial score (nSPS) is 15.9. The predicted molar refractivity (Wildman–Crippen MR) is 106 cm³/mol. The SMILES string of the molecule is COc1ccccc1[S@](=O)Cc1ccc(C(=O)NCCCN2CCOCC2)o1. The minimum atomic E-state index is -1.32. The van der Waals surface area contributed by atoms with Crippen LogP contribution >= 0.6 is 0 Å². The Morgan fingerprint density at radius 1 is 1.21 bits per heavy atom. The summed E-state index contributed by atoms with van der Waals surface area (Å²) in [6.07, 6.45) is 0.872. The number of hydrogen-bond donors (Lipinski definition) is 1. The van der Waals surface area contributed by atoms with Crippen molar-refractivity contribution in [1.82, 2.24) is 10.2 Å². The molecule has 0 aliphatic carbocycles. The molecule has 1 fully saturated rings. The highest BCUT2D eigenvalue weighted by molar-refractivity contribution is 7.84. The second-order valence-corrected chi connectivity index (χ2v) is 7.89. The molecular formula is C20H26N2O5S. The van der Waals surface area contributed by atoms with Crippen molar-refractivity contribution >= 4 is 16.7 Å². The third kappa shape index (κ3) is 5.67. The number of rotatable bonds is 9. The molecule has 0 radical (unpaired) electrons. The zero-order valence-corrected chi connectivity index (χ0v) is 16.8. The van der Waals surface area contributed by atoms with Crippen molar-refractivity contribution < 1.29 is 22.9 Å². The van der Waals surface area contributed by atoms with E-state index < -0.39 is 10.8 Å². The van der Waals surface area contributed by atoms with Crippen LogP contribution in [0.15, 0.2) is 45.7 Å². The van der Waals surface area contributed by atoms with E-state index in [-0.39, 0.29) is 17.4 Å². The average molecular weight is 407 g/mol. The molecule has 1 atom stereocenters. The summed E-state index contributed by atoms with van der Waals surface area (Å²) in [7, 11) is 0.224. The monoisotopic (exact) mass is 406 g/mol. The maximum Gasteiger partial charge on any atom is 0.286 e. The van der Waals surface area contributed by atoms with Gasteiger partial charge in [0.1, 0.15) is 11.5 Å². The van der Waals surface area contributed by atoms with E-state index in [1.165, 1.54) is 0 Å². The number of amides is 1. The van der Waals surface area contributed by atoms with Crippen molar-refractivity contribution in [2.45, 2.75) is 17.1 Å². The van der Waals surface area contributed by atoms with Gasteiger partial charge in [-0.15, -0.1) is 0 Å². The number of methoxy groups -OCH3 is 1. The van der Waals surface area contributed by atoms with Crippen LogP contribution in [0.4, 0.5) is 0 Å². The van der Waals surface area contributed by atoms with Gasteiger partial charge >= 0.3 is 0 Å². The number of nitrogens with one attached hydrogen (secondary N) is 1. The van der Waals surface area contributed by atoms with Crippen molar-refractivity contribution in [3.8, 4) is 5.75 Å². The molecule has 1 aliphatic heterocycles. The van der Waals surface area contributed by atoms with Gasteiger partial charge in [-0.1, -0.05) is 12.1 Å². The van der Waals surface area contributed by atoms with E-state index in [1.807, 2.05) is 12.1 Å². The van der Waals surface area contributed by atoms with Crippen LogP contribution in [0.25, 0.3) is 0 Å². The average Bonchev–Trinajstić information content (AvgIpc) is 3.20. The number of nitrogens with zero attached hydrogens (tertiary/aromatic N) is 1. The first-order valence-electron chi connectivity index (χ1n) is 9.36. The quantitative estimate of drug-likeness (QED) is 0.642. The minimum Gasteiger partial charge on any atom is -0.495 e. The molecule has 3 rings (SSSR count). The molecule has 8 heteroatoms. The molecule has 28 heavy (non-hydrogen) atoms. The molecule has 7 nitrogen and oxygen atoms in total. The van der Waals surface area contributed by atoms with E-state index in [0.29, 0.717) is 22.9 Å². The molecule has 0 bridgehead atoms. The Kier molecular flexibility index (Phi) is 7.64. The largest absolute Gasteiger partial charge is 0.495 e. The molecule has 1 aromatic carbocycles. The van der Waals surface area contributed by atoms with E-state index >= 15 is 0 Å². The van der Waals surface area contributed by atoms with Crippen LogP contribution in [0.3, 0.4) is 0 Å². The van der Waals surface area contributed by atoms with Crippen molar-refractivity contribution in [3.63, 3.8) is 0 Å². The molecule has 1 N–H and O–H groups in total. The standard InChI is InChI=1S/C20H26N2O5S/c1-25-17-5-2-3-6-19(17)28(24)15-16-7-8-18(27-16)20(23)21-9-4-10-22-11-13-26-14-12-22/h2-3,5-8H,4,9-15H2,1H3,(H,21,23)/t28-/m1/s1. The highest BCUT2D eigenvalue weighted by atomic mass is 32.2. The van der Waals surface area contributed by atoms with Crippen molar-refractivity contribution in [2.75, 3.05) is 46.5 Å². The van der Waals surface area contributed by atoms with Gasteiger partial charge in [-0.25, -0.2) is 0 Å². The molecular weight excluding hydrogens is 380 g/mol. The summed E-state index contributed by atoms with van der Waals surface area (Å²) < 4.78 is 28.7. The van der Waals surface area contributed by atoms with Gasteiger partial charge in [0.15, 0.2) is 5.76 Å². The van der Waals surface area contributed by atoms with E-state index in [4.69, 9.17) is 13.9 Å². The number of morpholine rings is 1. The van der Waals surface area contributed by atoms with Gasteiger partial charge in [0.2, 0.25) is 0 Å². The minimum absolute atomic E-state index is 0.185. The van der Waals surface area contributed by atoms with Gasteiger partial charge < -0.3 is 19.2 Å². The lowest BCUT2D eigenvalue weighted by molar-refractivity contribution is 0.0374. The first kappa shape index (κ1) is 20.6. The Labute approximate surface area is 167 Å². The number of benzene rings is 1. The van der Waals surface area contributed by atoms with Crippen LogP contribution in [0, 0.1) is 0 Å². The van der Waals surface area contributed by atoms with Gasteiger partial charge in [-0.3, -0.25) is 13.9 Å². The molecule has 1 amide bonds. The van der Waals surface area contributed by atoms with Crippen LogP contribution in [-0.4, -0.2) is 61.5 Å². The topological polar surface area (TPSA) is 81.0 Å². The predicted octanol–water partition coefficient (Wildman–Crippen LogP) is 2.05. The first-order chi connectivity index (χ1) is 13.7. The maximum absolute atomic E-state index is 12.6. The number of carbonyl (C=O) groups is 1. The lowest BCUT2D eigenvalue weighted by Gasteiger charge is -2.26. The lowest BCUT2D eigenvalue weighted by atomic mass is 10.3. The van der Waals surface area contributed by atoms with Crippen LogP contribution in [0.2, 0.25) is 0 Å². The fourth-order valence-corrected chi connectivity index (χ4v) is 4.18. The molecule has 2 aromatic rings. The second kappa shape index (κ2) is 10.4. The maximum atomic E-state index is 12.6. The van der Waals surface area contributed by atoms with Gasteiger partial charge in [0.05, 0.1) is 41.8 Å². The third-order valence-corrected chi connectivity index (χ3v) is 5.89. The highest BCUT2D eigenvalue weighted by Gasteiger charge is 2.16. The summed E-state index contributed by atoms with van der Waals surface area (Å²) in [6, 6.07) is 10.5. The number of ether oxygens (including phenoxy) is 2. The van der Waals surface area contributed by atoms with E-state index in [1.54, 1.807) is 31.4 Å². The summed E-state index contributed by atoms with van der Waals surface area (Å²) in [6.45, 7) is 4.96. The van der Waals surface area contributed by atoms with Crippen LogP contribution in [0.5, 0.6) is 5.75 Å². The molecule has 0 saturated carbocycles. The zero-order valence-electron chi connectivity index (χ0n) is 16.0. The van der Waals surface area contributed by atoms with E-state index in [2.05, 4.69) is 10.2 Å². The van der Waals surface area contributed by atoms with Crippen molar-refractivity contribution in [3.05, 3.63) is 47.9 Å². The molecule has 1 saturated heterocycles. The molecule has 1 aromatic heterocycles. The van der Waals surface area contributed by atoms with E-state index in [0.717, 1.165) is 39.3 Å². The van der Waals surface area contributed by atoms with Crippen molar-refractivity contribution in [1.29, 1.82) is 0 Å². The molecule has 1 aliphatic rings. The Morgan fingerprint density at radius 2 is 2.00 bits per heavy atom. The Morgan fingerprint density at radius 3 is 2.79 bits per heavy atom. The second-order valence-electron chi connectivity index (χ2n) is 6.47. The van der Waals surface area contributed by atoms with Crippen LogP contribution < -0.4 is 10.1 Å². The summed E-state index contributed by atoms with van der Waals surface area (Å²) in [5.74, 6) is 1.24. The Bertz CT molecular complexity index is 801. The van der Waals surface area contributed by atoms with Gasteiger partial charge in [-0.05, 0) is 37.2 Å². The molecule has 0 spiro atoms. The molecule has 152 valence electrons. The van der Waals surface area contributed by atoms with Crippen LogP contribution in [0.1, 0.15) is 22.7 Å². The number of carbonyl (C=O) groups excluding carboxylic acids is 1. The third-order valence-electron chi connectivity index (χ3n) is 4.51. The van der Waals surface area contributed by atoms with Crippen LogP contribution in [-0.2, 0) is 21.3 Å². The zero-order chi connectivity index (χ0) is 19.8. The summed E-state index contributed by atoms with van der Waals surface area (Å²) in [5, 5.41) is 2.87. The highest BCUT2D eigenvalue weighted by Crippen LogP contribution is 2.24. The summed E-state index contributed by atoms with van der Waals surface area (Å²) >= 11 is 0. The number of hydrogen-bond acceptors (Lipinski definition) is 6. The van der Waals surface area contributed by atoms with Gasteiger partial charge in [0.25, 0.3) is 5.91 Å². The Balaban J connectivity index is 1.46. The van der Waals surface area contributed by atoms with Gasteiger partial charge in [-0.2, -0.15) is 0 Å². The molecule has 0 unspecified atom stereocenters. The number of para-hydroxylation sites is 1. The fourth-order valence-electron chi connectivity index (χ4n) is 3.01. The number of furan rings is 1. The smallest absolute Gasteiger partial charge is 0.286 e. The first-order valence-corrected chi connectivity index (χ1v) is 10.7. The lowest BCUT2D eigenvalue weighted by Crippen LogP contribution is -2.38. The molecule has 2 heterocycles. The summed E-state index contributed by atoms with van der Waals surface area (Å²) in [5.41, 5.74) is 0. The summed E-state index contributed by atoms with van der Waals surface area (Å²) in [4.78, 5) is 15.2. The fraction of sp³-hybridized carbons (Fsp3) is 0.450. The Hall–Kier alpha value is -2.16. The van der Waals surface area contributed by atoms with E-state index in [9.17, 15) is 9.00 Å². The van der Waals surface area contributed by atoms with Crippen molar-refractivity contribution in [2.24, 2.45) is 0 Å².